The van der Waals surface area contributed by atoms with Crippen LogP contribution in [-0.2, 0) is 5.41 Å². The fourth-order valence-corrected chi connectivity index (χ4v) is 2.00. The summed E-state index contributed by atoms with van der Waals surface area (Å²) in [5, 5.41) is 7.17. The highest BCUT2D eigenvalue weighted by Gasteiger charge is 2.20. The molecular weight excluding hydrogens is 180 g/mol. The molecule has 1 heterocycles. The summed E-state index contributed by atoms with van der Waals surface area (Å²) in [7, 11) is 0. The van der Waals surface area contributed by atoms with Crippen molar-refractivity contribution in [3.63, 3.8) is 0 Å². The van der Waals surface area contributed by atoms with Gasteiger partial charge >= 0.3 is 0 Å². The lowest BCUT2D eigenvalue weighted by molar-refractivity contribution is 0.556. The second-order valence-corrected chi connectivity index (χ2v) is 5.01. The van der Waals surface area contributed by atoms with Crippen LogP contribution in [0.1, 0.15) is 26.5 Å². The standard InChI is InChI=1S/C10H16N2S/c1-5-6-13-8-7-11-12-9(8)10(2,3)4/h5,7H,1,6H2,2-4H3,(H,11,12). The molecule has 3 heteroatoms. The highest BCUT2D eigenvalue weighted by molar-refractivity contribution is 7.99. The van der Waals surface area contributed by atoms with Gasteiger partial charge in [-0.15, -0.1) is 18.3 Å². The van der Waals surface area contributed by atoms with E-state index in [2.05, 4.69) is 37.5 Å². The van der Waals surface area contributed by atoms with Crippen molar-refractivity contribution in [2.24, 2.45) is 0 Å². The Balaban J connectivity index is 2.83. The van der Waals surface area contributed by atoms with Gasteiger partial charge in [-0.05, 0) is 0 Å². The van der Waals surface area contributed by atoms with Gasteiger partial charge in [-0.25, -0.2) is 0 Å². The summed E-state index contributed by atoms with van der Waals surface area (Å²) in [5.41, 5.74) is 1.25. The van der Waals surface area contributed by atoms with Crippen LogP contribution in [0.5, 0.6) is 0 Å². The molecule has 2 nitrogen and oxygen atoms in total. The Bertz CT molecular complexity index is 283. The molecule has 0 fully saturated rings. The normalized spacial score (nSPS) is 11.6. The summed E-state index contributed by atoms with van der Waals surface area (Å²) in [5.74, 6) is 0.933. The first-order chi connectivity index (χ1) is 6.05. The first-order valence-corrected chi connectivity index (χ1v) is 5.32. The molecule has 0 saturated heterocycles. The van der Waals surface area contributed by atoms with Crippen molar-refractivity contribution >= 4 is 11.8 Å². The van der Waals surface area contributed by atoms with Crippen molar-refractivity contribution in [2.45, 2.75) is 31.1 Å². The number of hydrogen-bond donors (Lipinski definition) is 1. The van der Waals surface area contributed by atoms with Crippen LogP contribution in [0.25, 0.3) is 0 Å². The Morgan fingerprint density at radius 1 is 1.62 bits per heavy atom. The van der Waals surface area contributed by atoms with E-state index in [0.29, 0.717) is 0 Å². The zero-order chi connectivity index (χ0) is 9.90. The average molecular weight is 196 g/mol. The molecule has 0 aromatic carbocycles. The lowest BCUT2D eigenvalue weighted by Crippen LogP contribution is -2.12. The van der Waals surface area contributed by atoms with Gasteiger partial charge in [-0.3, -0.25) is 5.10 Å². The number of aromatic amines is 1. The number of aromatic nitrogens is 2. The predicted molar refractivity (Wildman–Crippen MR) is 58.2 cm³/mol. The minimum Gasteiger partial charge on any atom is -0.284 e. The van der Waals surface area contributed by atoms with Gasteiger partial charge in [-0.2, -0.15) is 5.10 Å². The van der Waals surface area contributed by atoms with E-state index in [1.807, 2.05) is 12.3 Å². The van der Waals surface area contributed by atoms with Crippen molar-refractivity contribution in [3.8, 4) is 0 Å². The van der Waals surface area contributed by atoms with Gasteiger partial charge in [0.05, 0.1) is 5.69 Å². The first-order valence-electron chi connectivity index (χ1n) is 4.33. The molecule has 0 saturated carbocycles. The molecule has 72 valence electrons. The predicted octanol–water partition coefficient (Wildman–Crippen LogP) is 2.99. The quantitative estimate of drug-likeness (QED) is 0.594. The maximum absolute atomic E-state index is 4.26. The number of nitrogens with one attached hydrogen (secondary N) is 1. The van der Waals surface area contributed by atoms with E-state index >= 15 is 0 Å². The van der Waals surface area contributed by atoms with Crippen LogP contribution >= 0.6 is 11.8 Å². The van der Waals surface area contributed by atoms with Crippen LogP contribution in [0.3, 0.4) is 0 Å². The van der Waals surface area contributed by atoms with Crippen molar-refractivity contribution in [2.75, 3.05) is 5.75 Å². The molecule has 0 unspecified atom stereocenters. The molecule has 0 bridgehead atoms. The van der Waals surface area contributed by atoms with Crippen LogP contribution in [0.4, 0.5) is 0 Å². The number of rotatable bonds is 3. The summed E-state index contributed by atoms with van der Waals surface area (Å²) in [4.78, 5) is 1.23. The molecule has 1 aromatic rings. The van der Waals surface area contributed by atoms with Gasteiger partial charge < -0.3 is 0 Å². The summed E-state index contributed by atoms with van der Waals surface area (Å²) in [6.07, 6.45) is 3.86. The number of H-pyrrole nitrogens is 1. The lowest BCUT2D eigenvalue weighted by Gasteiger charge is -2.16. The van der Waals surface area contributed by atoms with Crippen LogP contribution < -0.4 is 0 Å². The van der Waals surface area contributed by atoms with E-state index in [0.717, 1.165) is 11.4 Å². The molecule has 1 N–H and O–H groups in total. The summed E-state index contributed by atoms with van der Waals surface area (Å²) >= 11 is 1.77. The van der Waals surface area contributed by atoms with Crippen LogP contribution in [-0.4, -0.2) is 16.0 Å². The Morgan fingerprint density at radius 3 is 2.85 bits per heavy atom. The number of hydrogen-bond acceptors (Lipinski definition) is 2. The molecule has 0 radical (unpaired) electrons. The van der Waals surface area contributed by atoms with E-state index in [-0.39, 0.29) is 5.41 Å². The Morgan fingerprint density at radius 2 is 2.31 bits per heavy atom. The van der Waals surface area contributed by atoms with Crippen molar-refractivity contribution in [1.29, 1.82) is 0 Å². The van der Waals surface area contributed by atoms with E-state index in [1.54, 1.807) is 11.8 Å². The minimum absolute atomic E-state index is 0.115. The SMILES string of the molecule is C=CCSc1c[nH]nc1C(C)(C)C. The van der Waals surface area contributed by atoms with E-state index in [4.69, 9.17) is 0 Å². The Hall–Kier alpha value is -0.700. The van der Waals surface area contributed by atoms with Gasteiger partial charge in [0, 0.05) is 22.3 Å². The maximum atomic E-state index is 4.26. The van der Waals surface area contributed by atoms with E-state index in [1.165, 1.54) is 4.90 Å². The number of thioether (sulfide) groups is 1. The number of nitrogens with zero attached hydrogens (tertiary/aromatic N) is 1. The Labute approximate surface area is 83.8 Å². The van der Waals surface area contributed by atoms with Gasteiger partial charge in [0.15, 0.2) is 0 Å². The molecule has 13 heavy (non-hydrogen) atoms. The van der Waals surface area contributed by atoms with E-state index < -0.39 is 0 Å². The fraction of sp³-hybridized carbons (Fsp3) is 0.500. The molecular formula is C10H16N2S. The van der Waals surface area contributed by atoms with Crippen LogP contribution in [0.15, 0.2) is 23.7 Å². The molecule has 1 rings (SSSR count). The summed E-state index contributed by atoms with van der Waals surface area (Å²) in [6, 6.07) is 0. The maximum Gasteiger partial charge on any atom is 0.0811 e. The third-order valence-electron chi connectivity index (χ3n) is 1.67. The highest BCUT2D eigenvalue weighted by atomic mass is 32.2. The van der Waals surface area contributed by atoms with Crippen molar-refractivity contribution in [1.82, 2.24) is 10.2 Å². The van der Waals surface area contributed by atoms with Gasteiger partial charge in [0.1, 0.15) is 0 Å². The summed E-state index contributed by atoms with van der Waals surface area (Å²) < 4.78 is 0. The summed E-state index contributed by atoms with van der Waals surface area (Å²) in [6.45, 7) is 10.2. The zero-order valence-corrected chi connectivity index (χ0v) is 9.24. The molecule has 0 aliphatic carbocycles. The van der Waals surface area contributed by atoms with Gasteiger partial charge in [0.2, 0.25) is 0 Å². The smallest absolute Gasteiger partial charge is 0.0811 e. The van der Waals surface area contributed by atoms with Crippen molar-refractivity contribution in [3.05, 3.63) is 24.5 Å². The monoisotopic (exact) mass is 196 g/mol. The third kappa shape index (κ3) is 2.62. The first kappa shape index (κ1) is 10.4. The average Bonchev–Trinajstić information content (AvgIpc) is 2.47. The molecule has 0 amide bonds. The lowest BCUT2D eigenvalue weighted by atomic mass is 9.92. The molecule has 0 aliphatic heterocycles. The van der Waals surface area contributed by atoms with E-state index in [9.17, 15) is 0 Å². The molecule has 1 aromatic heterocycles. The Kier molecular flexibility index (Phi) is 3.20. The van der Waals surface area contributed by atoms with Gasteiger partial charge in [-0.1, -0.05) is 26.8 Å². The zero-order valence-electron chi connectivity index (χ0n) is 8.42. The third-order valence-corrected chi connectivity index (χ3v) is 2.70. The highest BCUT2D eigenvalue weighted by Crippen LogP contribution is 2.30. The fourth-order valence-electron chi connectivity index (χ4n) is 1.07. The molecule has 0 aliphatic rings. The molecule has 0 spiro atoms. The van der Waals surface area contributed by atoms with Crippen LogP contribution in [0.2, 0.25) is 0 Å². The second kappa shape index (κ2) is 4.01. The largest absolute Gasteiger partial charge is 0.284 e. The van der Waals surface area contributed by atoms with Crippen molar-refractivity contribution < 1.29 is 0 Å². The van der Waals surface area contributed by atoms with Crippen LogP contribution in [0, 0.1) is 0 Å². The van der Waals surface area contributed by atoms with Gasteiger partial charge in [0.25, 0.3) is 0 Å². The second-order valence-electron chi connectivity index (χ2n) is 3.95. The molecule has 0 atom stereocenters. The topological polar surface area (TPSA) is 28.7 Å². The minimum atomic E-state index is 0.115.